The molecule has 0 saturated heterocycles. The van der Waals surface area contributed by atoms with E-state index in [1.165, 1.54) is 0 Å². The van der Waals surface area contributed by atoms with Crippen LogP contribution in [0.5, 0.6) is 5.75 Å². The summed E-state index contributed by atoms with van der Waals surface area (Å²) >= 11 is 5.83. The molecule has 1 aliphatic rings. The van der Waals surface area contributed by atoms with E-state index >= 15 is 0 Å². The molecular formula is C20H21ClN2O3. The maximum atomic E-state index is 12.2. The largest absolute Gasteiger partial charge is 0.481 e. The van der Waals surface area contributed by atoms with E-state index < -0.39 is 6.10 Å². The number of nitrogens with one attached hydrogen (secondary N) is 2. The number of carbonyl (C=O) groups excluding carboxylic acids is 2. The van der Waals surface area contributed by atoms with E-state index in [9.17, 15) is 9.59 Å². The summed E-state index contributed by atoms with van der Waals surface area (Å²) in [6.45, 7) is 2.05. The van der Waals surface area contributed by atoms with Crippen molar-refractivity contribution >= 4 is 29.1 Å². The van der Waals surface area contributed by atoms with Gasteiger partial charge in [0.1, 0.15) is 5.75 Å². The van der Waals surface area contributed by atoms with Gasteiger partial charge in [-0.1, -0.05) is 23.7 Å². The highest BCUT2D eigenvalue weighted by Crippen LogP contribution is 2.30. The molecule has 1 unspecified atom stereocenters. The van der Waals surface area contributed by atoms with Crippen LogP contribution < -0.4 is 15.4 Å². The number of hydrogen-bond donors (Lipinski definition) is 2. The van der Waals surface area contributed by atoms with Crippen molar-refractivity contribution in [2.45, 2.75) is 32.4 Å². The number of carbonyl (C=O) groups is 2. The number of ether oxygens (including phenoxy) is 1. The molecule has 0 spiro atoms. The quantitative estimate of drug-likeness (QED) is 0.777. The first-order valence-electron chi connectivity index (χ1n) is 8.61. The lowest BCUT2D eigenvalue weighted by Crippen LogP contribution is -2.35. The maximum Gasteiger partial charge on any atom is 0.261 e. The minimum absolute atomic E-state index is 0.0659. The predicted octanol–water partition coefficient (Wildman–Crippen LogP) is 3.77. The standard InChI is InChI=1S/C20H21ClN2O3/c1-13(26-18-9-7-16(21)8-10-18)19(24)22-12-14-3-2-4-17(11-14)23-20(25)15-5-6-15/h2-4,7-11,13,15H,5-6,12H2,1H3,(H,22,24)(H,23,25). The van der Waals surface area contributed by atoms with Gasteiger partial charge < -0.3 is 15.4 Å². The Bertz CT molecular complexity index is 788. The van der Waals surface area contributed by atoms with Gasteiger partial charge in [-0.05, 0) is 61.7 Å². The topological polar surface area (TPSA) is 67.4 Å². The van der Waals surface area contributed by atoms with E-state index in [1.807, 2.05) is 24.3 Å². The van der Waals surface area contributed by atoms with Crippen LogP contribution in [0, 0.1) is 5.92 Å². The van der Waals surface area contributed by atoms with E-state index in [1.54, 1.807) is 31.2 Å². The average molecular weight is 373 g/mol. The fourth-order valence-corrected chi connectivity index (χ4v) is 2.58. The van der Waals surface area contributed by atoms with Crippen LogP contribution in [-0.2, 0) is 16.1 Å². The number of amides is 2. The van der Waals surface area contributed by atoms with Crippen LogP contribution in [0.4, 0.5) is 5.69 Å². The zero-order valence-electron chi connectivity index (χ0n) is 14.5. The van der Waals surface area contributed by atoms with Crippen LogP contribution in [0.1, 0.15) is 25.3 Å². The number of rotatable bonds is 7. The van der Waals surface area contributed by atoms with Gasteiger partial charge in [0.05, 0.1) is 0 Å². The summed E-state index contributed by atoms with van der Waals surface area (Å²) in [5.41, 5.74) is 1.66. The first kappa shape index (κ1) is 18.3. The van der Waals surface area contributed by atoms with Crippen molar-refractivity contribution in [2.75, 3.05) is 5.32 Å². The molecule has 26 heavy (non-hydrogen) atoms. The highest BCUT2D eigenvalue weighted by atomic mass is 35.5. The van der Waals surface area contributed by atoms with Crippen molar-refractivity contribution < 1.29 is 14.3 Å². The molecule has 1 aliphatic carbocycles. The average Bonchev–Trinajstić information content (AvgIpc) is 3.47. The van der Waals surface area contributed by atoms with Crippen molar-refractivity contribution in [3.63, 3.8) is 0 Å². The molecule has 1 atom stereocenters. The summed E-state index contributed by atoms with van der Waals surface area (Å²) in [5.74, 6) is 0.592. The Morgan fingerprint density at radius 1 is 1.19 bits per heavy atom. The van der Waals surface area contributed by atoms with Crippen LogP contribution in [0.3, 0.4) is 0 Å². The molecule has 1 fully saturated rings. The summed E-state index contributed by atoms with van der Waals surface area (Å²) in [6, 6.07) is 14.3. The van der Waals surface area contributed by atoms with Crippen LogP contribution in [0.15, 0.2) is 48.5 Å². The zero-order chi connectivity index (χ0) is 18.5. The first-order chi connectivity index (χ1) is 12.5. The molecular weight excluding hydrogens is 352 g/mol. The first-order valence-corrected chi connectivity index (χ1v) is 8.99. The second-order valence-corrected chi connectivity index (χ2v) is 6.83. The SMILES string of the molecule is CC(Oc1ccc(Cl)cc1)C(=O)NCc1cccc(NC(=O)C2CC2)c1. The third-order valence-electron chi connectivity index (χ3n) is 4.11. The van der Waals surface area contributed by atoms with E-state index in [2.05, 4.69) is 10.6 Å². The molecule has 5 nitrogen and oxygen atoms in total. The van der Waals surface area contributed by atoms with Gasteiger partial charge in [0.15, 0.2) is 6.10 Å². The molecule has 3 rings (SSSR count). The Morgan fingerprint density at radius 3 is 2.62 bits per heavy atom. The molecule has 0 aromatic heterocycles. The minimum Gasteiger partial charge on any atom is -0.481 e. The second kappa shape index (κ2) is 8.23. The van der Waals surface area contributed by atoms with Gasteiger partial charge in [-0.15, -0.1) is 0 Å². The Morgan fingerprint density at radius 2 is 1.92 bits per heavy atom. The summed E-state index contributed by atoms with van der Waals surface area (Å²) in [6.07, 6.45) is 1.30. The summed E-state index contributed by atoms with van der Waals surface area (Å²) < 4.78 is 5.60. The number of anilines is 1. The van der Waals surface area contributed by atoms with Gasteiger partial charge in [-0.25, -0.2) is 0 Å². The third kappa shape index (κ3) is 5.23. The van der Waals surface area contributed by atoms with Crippen LogP contribution >= 0.6 is 11.6 Å². The molecule has 6 heteroatoms. The lowest BCUT2D eigenvalue weighted by atomic mass is 10.2. The fraction of sp³-hybridized carbons (Fsp3) is 0.300. The molecule has 0 aliphatic heterocycles. The molecule has 0 radical (unpaired) electrons. The number of hydrogen-bond acceptors (Lipinski definition) is 3. The smallest absolute Gasteiger partial charge is 0.261 e. The van der Waals surface area contributed by atoms with E-state index in [4.69, 9.17) is 16.3 Å². The van der Waals surface area contributed by atoms with Gasteiger partial charge in [0, 0.05) is 23.2 Å². The highest BCUT2D eigenvalue weighted by Gasteiger charge is 2.29. The molecule has 2 N–H and O–H groups in total. The van der Waals surface area contributed by atoms with Crippen molar-refractivity contribution in [1.29, 1.82) is 0 Å². The van der Waals surface area contributed by atoms with Crippen LogP contribution in [0.25, 0.3) is 0 Å². The van der Waals surface area contributed by atoms with Gasteiger partial charge in [0.2, 0.25) is 5.91 Å². The van der Waals surface area contributed by atoms with Crippen LogP contribution in [0.2, 0.25) is 5.02 Å². The minimum atomic E-state index is -0.631. The molecule has 2 aromatic rings. The molecule has 136 valence electrons. The van der Waals surface area contributed by atoms with E-state index in [0.717, 1.165) is 24.1 Å². The summed E-state index contributed by atoms with van der Waals surface area (Å²) in [5, 5.41) is 6.36. The fourth-order valence-electron chi connectivity index (χ4n) is 2.45. The van der Waals surface area contributed by atoms with Gasteiger partial charge >= 0.3 is 0 Å². The number of halogens is 1. The van der Waals surface area contributed by atoms with Gasteiger partial charge in [0.25, 0.3) is 5.91 Å². The predicted molar refractivity (Wildman–Crippen MR) is 101 cm³/mol. The van der Waals surface area contributed by atoms with Crippen molar-refractivity contribution in [1.82, 2.24) is 5.32 Å². The Labute approximate surface area is 157 Å². The Kier molecular flexibility index (Phi) is 5.78. The summed E-state index contributed by atoms with van der Waals surface area (Å²) in [4.78, 5) is 24.0. The van der Waals surface area contributed by atoms with Gasteiger partial charge in [-0.3, -0.25) is 9.59 Å². The number of benzene rings is 2. The van der Waals surface area contributed by atoms with Crippen molar-refractivity contribution in [3.05, 3.63) is 59.1 Å². The maximum absolute atomic E-state index is 12.2. The lowest BCUT2D eigenvalue weighted by Gasteiger charge is -2.15. The van der Waals surface area contributed by atoms with E-state index in [-0.39, 0.29) is 17.7 Å². The normalized spacial score (nSPS) is 14.4. The summed E-state index contributed by atoms with van der Waals surface area (Å²) in [7, 11) is 0. The molecule has 0 bridgehead atoms. The lowest BCUT2D eigenvalue weighted by molar-refractivity contribution is -0.127. The molecule has 0 heterocycles. The third-order valence-corrected chi connectivity index (χ3v) is 4.36. The molecule has 1 saturated carbocycles. The Balaban J connectivity index is 1.50. The zero-order valence-corrected chi connectivity index (χ0v) is 15.3. The highest BCUT2D eigenvalue weighted by molar-refractivity contribution is 6.30. The van der Waals surface area contributed by atoms with Gasteiger partial charge in [-0.2, -0.15) is 0 Å². The van der Waals surface area contributed by atoms with Crippen LogP contribution in [-0.4, -0.2) is 17.9 Å². The molecule has 2 aromatic carbocycles. The monoisotopic (exact) mass is 372 g/mol. The van der Waals surface area contributed by atoms with Crippen molar-refractivity contribution in [2.24, 2.45) is 5.92 Å². The van der Waals surface area contributed by atoms with Crippen molar-refractivity contribution in [3.8, 4) is 5.75 Å². The second-order valence-electron chi connectivity index (χ2n) is 6.40. The molecule has 2 amide bonds. The Hall–Kier alpha value is -2.53. The van der Waals surface area contributed by atoms with E-state index in [0.29, 0.717) is 17.3 Å².